The number of carbonyl (C=O) groups is 3. The SMILES string of the molecule is Cc1cc(C(=O)N2CCC3(CC2)CC[C@@]2(C(=O)NCC(C)C)CN(C)C[C@@H]32)no1.O=C(O)C(F)(F)F. The number of nitrogens with zero attached hydrogens (tertiary/aromatic N) is 3. The van der Waals surface area contributed by atoms with Gasteiger partial charge in [-0.3, -0.25) is 9.59 Å². The number of hydrogen-bond donors (Lipinski definition) is 2. The summed E-state index contributed by atoms with van der Waals surface area (Å²) in [5.74, 6) is -1.07. The third-order valence-corrected chi connectivity index (χ3v) is 7.78. The number of likely N-dealkylation sites (tertiary alicyclic amines) is 2. The normalized spacial score (nSPS) is 25.4. The molecule has 36 heavy (non-hydrogen) atoms. The number of piperidine rings is 1. The van der Waals surface area contributed by atoms with Crippen molar-refractivity contribution in [2.24, 2.45) is 22.7 Å². The summed E-state index contributed by atoms with van der Waals surface area (Å²) in [5, 5.41) is 14.2. The summed E-state index contributed by atoms with van der Waals surface area (Å²) in [6.45, 7) is 10.1. The van der Waals surface area contributed by atoms with Gasteiger partial charge in [0.1, 0.15) is 5.76 Å². The van der Waals surface area contributed by atoms with Crippen LogP contribution in [-0.2, 0) is 9.59 Å². The monoisotopic (exact) mass is 516 g/mol. The van der Waals surface area contributed by atoms with Crippen molar-refractivity contribution in [1.82, 2.24) is 20.3 Å². The third-order valence-electron chi connectivity index (χ3n) is 7.78. The third kappa shape index (κ3) is 5.68. The van der Waals surface area contributed by atoms with Gasteiger partial charge in [0.05, 0.1) is 5.41 Å². The number of aliphatic carboxylic acids is 1. The summed E-state index contributed by atoms with van der Waals surface area (Å²) in [5.41, 5.74) is 0.294. The van der Waals surface area contributed by atoms with Crippen molar-refractivity contribution in [3.8, 4) is 0 Å². The number of carbonyl (C=O) groups excluding carboxylic acids is 2. The predicted molar refractivity (Wildman–Crippen MR) is 123 cm³/mol. The maximum Gasteiger partial charge on any atom is 0.490 e. The van der Waals surface area contributed by atoms with Gasteiger partial charge in [-0.15, -0.1) is 0 Å². The molecule has 4 rings (SSSR count). The van der Waals surface area contributed by atoms with Gasteiger partial charge in [-0.2, -0.15) is 13.2 Å². The molecule has 1 aromatic heterocycles. The standard InChI is InChI=1S/C22H34N4O3.C2HF3O2/c1-15(2)12-23-20(28)22-6-5-21(18(22)13-25(4)14-22)7-9-26(10-8-21)19(27)17-11-16(3)29-24-17;3-2(4,5)1(6)7/h11,15,18H,5-10,12-14H2,1-4H3,(H,23,28);(H,6,7)/t18-,22+;/m0./s1. The van der Waals surface area contributed by atoms with E-state index in [1.165, 1.54) is 0 Å². The van der Waals surface area contributed by atoms with E-state index in [4.69, 9.17) is 14.4 Å². The number of amides is 2. The van der Waals surface area contributed by atoms with Crippen LogP contribution in [0.3, 0.4) is 0 Å². The second-order valence-electron chi connectivity index (χ2n) is 10.8. The van der Waals surface area contributed by atoms with E-state index in [1.54, 1.807) is 13.0 Å². The van der Waals surface area contributed by atoms with Crippen molar-refractivity contribution < 1.29 is 37.2 Å². The lowest BCUT2D eigenvalue weighted by Crippen LogP contribution is -2.50. The molecule has 0 radical (unpaired) electrons. The number of halogens is 3. The van der Waals surface area contributed by atoms with Gasteiger partial charge < -0.3 is 24.7 Å². The highest BCUT2D eigenvalue weighted by molar-refractivity contribution is 5.92. The van der Waals surface area contributed by atoms with E-state index in [0.717, 1.165) is 58.4 Å². The maximum atomic E-state index is 13.3. The molecule has 2 saturated heterocycles. The molecule has 1 saturated carbocycles. The molecule has 2 N–H and O–H groups in total. The molecule has 2 amide bonds. The van der Waals surface area contributed by atoms with Crippen molar-refractivity contribution in [2.45, 2.75) is 52.6 Å². The van der Waals surface area contributed by atoms with E-state index in [1.807, 2.05) is 4.90 Å². The number of aryl methyl sites for hydroxylation is 1. The Morgan fingerprint density at radius 3 is 2.33 bits per heavy atom. The molecule has 3 fully saturated rings. The Labute approximate surface area is 208 Å². The Balaban J connectivity index is 0.000000454. The molecule has 2 atom stereocenters. The maximum absolute atomic E-state index is 13.3. The summed E-state index contributed by atoms with van der Waals surface area (Å²) in [6, 6.07) is 1.71. The molecule has 0 aromatic carbocycles. The minimum Gasteiger partial charge on any atom is -0.475 e. The van der Waals surface area contributed by atoms with E-state index in [-0.39, 0.29) is 22.6 Å². The van der Waals surface area contributed by atoms with Gasteiger partial charge in [0.2, 0.25) is 5.91 Å². The van der Waals surface area contributed by atoms with Crippen LogP contribution in [0.15, 0.2) is 10.6 Å². The fraction of sp³-hybridized carbons (Fsp3) is 0.750. The van der Waals surface area contributed by atoms with E-state index < -0.39 is 12.1 Å². The summed E-state index contributed by atoms with van der Waals surface area (Å²) in [6.07, 6.45) is -1.10. The van der Waals surface area contributed by atoms with Crippen LogP contribution in [0.2, 0.25) is 0 Å². The minimum atomic E-state index is -5.08. The number of carboxylic acid groups (broad SMARTS) is 1. The average molecular weight is 517 g/mol. The predicted octanol–water partition coefficient (Wildman–Crippen LogP) is 2.95. The summed E-state index contributed by atoms with van der Waals surface area (Å²) in [7, 11) is 2.13. The summed E-state index contributed by atoms with van der Waals surface area (Å²) >= 11 is 0. The highest BCUT2D eigenvalue weighted by Crippen LogP contribution is 2.61. The van der Waals surface area contributed by atoms with Gasteiger partial charge in [-0.1, -0.05) is 19.0 Å². The van der Waals surface area contributed by atoms with Crippen LogP contribution >= 0.6 is 0 Å². The first-order chi connectivity index (χ1) is 16.7. The molecule has 12 heteroatoms. The Hall–Kier alpha value is -2.63. The van der Waals surface area contributed by atoms with Crippen LogP contribution in [-0.4, -0.2) is 83.8 Å². The first kappa shape index (κ1) is 27.9. The quantitative estimate of drug-likeness (QED) is 0.632. The van der Waals surface area contributed by atoms with Crippen molar-refractivity contribution in [3.05, 3.63) is 17.5 Å². The lowest BCUT2D eigenvalue weighted by molar-refractivity contribution is -0.192. The Bertz CT molecular complexity index is 971. The fourth-order valence-corrected chi connectivity index (χ4v) is 6.02. The van der Waals surface area contributed by atoms with Gasteiger partial charge >= 0.3 is 12.1 Å². The molecule has 2 aliphatic heterocycles. The largest absolute Gasteiger partial charge is 0.490 e. The zero-order valence-corrected chi connectivity index (χ0v) is 21.2. The van der Waals surface area contributed by atoms with Crippen molar-refractivity contribution in [2.75, 3.05) is 39.8 Å². The molecule has 202 valence electrons. The Kier molecular flexibility index (Phi) is 8.07. The molecule has 3 aliphatic rings. The number of rotatable bonds is 4. The number of hydrogen-bond acceptors (Lipinski definition) is 6. The Morgan fingerprint density at radius 2 is 1.83 bits per heavy atom. The van der Waals surface area contributed by atoms with Crippen molar-refractivity contribution in [1.29, 1.82) is 0 Å². The summed E-state index contributed by atoms with van der Waals surface area (Å²) < 4.78 is 36.8. The molecule has 9 nitrogen and oxygen atoms in total. The van der Waals surface area contributed by atoms with Crippen LogP contribution in [0.4, 0.5) is 13.2 Å². The van der Waals surface area contributed by atoms with Gasteiger partial charge in [0.25, 0.3) is 5.91 Å². The first-order valence-corrected chi connectivity index (χ1v) is 12.2. The molecular weight excluding hydrogens is 481 g/mol. The topological polar surface area (TPSA) is 116 Å². The molecule has 3 heterocycles. The smallest absolute Gasteiger partial charge is 0.475 e. The number of nitrogens with one attached hydrogen (secondary N) is 1. The number of aromatic nitrogens is 1. The van der Waals surface area contributed by atoms with Crippen LogP contribution in [0.1, 0.15) is 55.8 Å². The zero-order chi connectivity index (χ0) is 26.9. The molecule has 1 aliphatic carbocycles. The number of carboxylic acids is 1. The van der Waals surface area contributed by atoms with Gasteiger partial charge in [-0.25, -0.2) is 4.79 Å². The van der Waals surface area contributed by atoms with E-state index in [0.29, 0.717) is 23.3 Å². The number of fused-ring (bicyclic) bond motifs is 2. The van der Waals surface area contributed by atoms with Crippen molar-refractivity contribution >= 4 is 17.8 Å². The second kappa shape index (κ2) is 10.4. The average Bonchev–Trinajstić information content (AvgIpc) is 3.46. The van der Waals surface area contributed by atoms with Gasteiger partial charge in [0, 0.05) is 38.8 Å². The number of alkyl halides is 3. The van der Waals surface area contributed by atoms with Crippen molar-refractivity contribution in [3.63, 3.8) is 0 Å². The van der Waals surface area contributed by atoms with Gasteiger partial charge in [-0.05, 0) is 56.9 Å². The van der Waals surface area contributed by atoms with E-state index in [9.17, 15) is 22.8 Å². The molecule has 1 aromatic rings. The zero-order valence-electron chi connectivity index (χ0n) is 21.2. The van der Waals surface area contributed by atoms with E-state index in [2.05, 4.69) is 36.3 Å². The molecule has 0 bridgehead atoms. The second-order valence-corrected chi connectivity index (χ2v) is 10.8. The highest BCUT2D eigenvalue weighted by atomic mass is 19.4. The lowest BCUT2D eigenvalue weighted by Gasteiger charge is -2.44. The Morgan fingerprint density at radius 1 is 1.22 bits per heavy atom. The van der Waals surface area contributed by atoms with Crippen LogP contribution < -0.4 is 5.32 Å². The molecule has 0 unspecified atom stereocenters. The van der Waals surface area contributed by atoms with Crippen LogP contribution in [0.25, 0.3) is 0 Å². The van der Waals surface area contributed by atoms with Crippen LogP contribution in [0.5, 0.6) is 0 Å². The van der Waals surface area contributed by atoms with Gasteiger partial charge in [0.15, 0.2) is 5.69 Å². The van der Waals surface area contributed by atoms with Crippen LogP contribution in [0, 0.1) is 29.6 Å². The first-order valence-electron chi connectivity index (χ1n) is 12.2. The highest BCUT2D eigenvalue weighted by Gasteiger charge is 2.63. The minimum absolute atomic E-state index is 0.0424. The summed E-state index contributed by atoms with van der Waals surface area (Å²) in [4.78, 5) is 39.1. The van der Waals surface area contributed by atoms with E-state index >= 15 is 0 Å². The fourth-order valence-electron chi connectivity index (χ4n) is 6.02. The lowest BCUT2D eigenvalue weighted by atomic mass is 9.65. The molecule has 1 spiro atoms. The molecular formula is C24H35F3N4O5.